The first-order valence-corrected chi connectivity index (χ1v) is 16.8. The fourth-order valence-corrected chi connectivity index (χ4v) is 5.83. The van der Waals surface area contributed by atoms with Gasteiger partial charge in [0.05, 0.1) is 18.3 Å². The van der Waals surface area contributed by atoms with Gasteiger partial charge in [-0.3, -0.25) is 14.1 Å². The van der Waals surface area contributed by atoms with Crippen LogP contribution in [0.3, 0.4) is 0 Å². The molecule has 1 fully saturated rings. The van der Waals surface area contributed by atoms with E-state index >= 15 is 0 Å². The van der Waals surface area contributed by atoms with Crippen LogP contribution in [0.5, 0.6) is 5.75 Å². The van der Waals surface area contributed by atoms with E-state index in [4.69, 9.17) is 9.29 Å². The molecule has 3 aromatic carbocycles. The molecule has 2 amide bonds. The van der Waals surface area contributed by atoms with Crippen LogP contribution in [0.25, 0.3) is 5.57 Å². The van der Waals surface area contributed by atoms with Crippen LogP contribution in [0.4, 0.5) is 5.69 Å². The number of allylic oxidation sites excluding steroid dienone is 1. The minimum Gasteiger partial charge on any atom is -0.494 e. The Morgan fingerprint density at radius 3 is 2.18 bits per heavy atom. The molecule has 9 heteroatoms. The van der Waals surface area contributed by atoms with E-state index < -0.39 is 27.7 Å². The van der Waals surface area contributed by atoms with E-state index in [0.717, 1.165) is 40.4 Å². The van der Waals surface area contributed by atoms with Crippen molar-refractivity contribution in [2.45, 2.75) is 57.8 Å². The zero-order valence-corrected chi connectivity index (χ0v) is 26.1. The van der Waals surface area contributed by atoms with Gasteiger partial charge in [-0.05, 0) is 78.8 Å². The Morgan fingerprint density at radius 1 is 0.932 bits per heavy atom. The maximum atomic E-state index is 13.6. The Labute approximate surface area is 260 Å². The molecule has 1 unspecified atom stereocenters. The molecule has 4 rings (SSSR count). The molecular weight excluding hydrogens is 576 g/mol. The molecule has 1 aliphatic rings. The monoisotopic (exact) mass is 618 g/mol. The summed E-state index contributed by atoms with van der Waals surface area (Å²) in [6, 6.07) is 22.1. The average Bonchev–Trinajstić information content (AvgIpc) is 3.01. The first-order valence-electron chi connectivity index (χ1n) is 15.2. The molecule has 0 heterocycles. The van der Waals surface area contributed by atoms with Gasteiger partial charge in [0.15, 0.2) is 0 Å². The number of anilines is 1. The van der Waals surface area contributed by atoms with E-state index in [-0.39, 0.29) is 12.5 Å². The van der Waals surface area contributed by atoms with Gasteiger partial charge in [0.25, 0.3) is 16.0 Å². The number of carbonyl (C=O) groups is 2. The van der Waals surface area contributed by atoms with Crippen molar-refractivity contribution in [2.75, 3.05) is 24.2 Å². The Bertz CT molecular complexity index is 1510. The van der Waals surface area contributed by atoms with Crippen molar-refractivity contribution < 1.29 is 27.3 Å². The Kier molecular flexibility index (Phi) is 11.7. The van der Waals surface area contributed by atoms with Gasteiger partial charge in [-0.1, -0.05) is 80.7 Å². The van der Waals surface area contributed by atoms with Crippen LogP contribution in [0.1, 0.15) is 78.4 Å². The fourth-order valence-electron chi connectivity index (χ4n) is 5.47. The minimum atomic E-state index is -4.16. The van der Waals surface area contributed by atoms with Crippen molar-refractivity contribution in [3.05, 3.63) is 102 Å². The molecule has 1 saturated carbocycles. The molecule has 0 aromatic heterocycles. The third-order valence-corrected chi connectivity index (χ3v) is 8.79. The molecule has 8 nitrogen and oxygen atoms in total. The number of amides is 2. The summed E-state index contributed by atoms with van der Waals surface area (Å²) >= 11 is 0. The zero-order valence-electron chi connectivity index (χ0n) is 25.3. The van der Waals surface area contributed by atoms with E-state index in [1.165, 1.54) is 32.1 Å². The topological polar surface area (TPSA) is 122 Å². The van der Waals surface area contributed by atoms with Gasteiger partial charge >= 0.3 is 0 Å². The van der Waals surface area contributed by atoms with Crippen LogP contribution in [0, 0.1) is 5.92 Å². The summed E-state index contributed by atoms with van der Waals surface area (Å²) in [6.07, 6.45) is 8.05. The van der Waals surface area contributed by atoms with E-state index in [1.807, 2.05) is 55.5 Å². The lowest BCUT2D eigenvalue weighted by molar-refractivity contribution is -0.117. The lowest BCUT2D eigenvalue weighted by Gasteiger charge is -2.21. The van der Waals surface area contributed by atoms with Crippen LogP contribution in [-0.2, 0) is 21.3 Å². The summed E-state index contributed by atoms with van der Waals surface area (Å²) in [5.74, 6) is -0.135. The fraction of sp³-hybridized carbons (Fsp3) is 0.371. The third-order valence-electron chi connectivity index (χ3n) is 8.07. The summed E-state index contributed by atoms with van der Waals surface area (Å²) in [5, 5.41) is 5.53. The summed E-state index contributed by atoms with van der Waals surface area (Å²) in [6.45, 7) is 6.43. The van der Waals surface area contributed by atoms with Gasteiger partial charge in [-0.15, -0.1) is 0 Å². The average molecular weight is 619 g/mol. The largest absolute Gasteiger partial charge is 0.494 e. The Balaban J connectivity index is 1.41. The van der Waals surface area contributed by atoms with Gasteiger partial charge in [-0.2, -0.15) is 8.42 Å². The smallest absolute Gasteiger partial charge is 0.266 e. The van der Waals surface area contributed by atoms with Crippen molar-refractivity contribution in [3.8, 4) is 5.75 Å². The molecule has 1 aliphatic carbocycles. The molecule has 0 saturated heterocycles. The van der Waals surface area contributed by atoms with Gasteiger partial charge in [0.2, 0.25) is 5.91 Å². The van der Waals surface area contributed by atoms with Crippen LogP contribution in [-0.4, -0.2) is 43.7 Å². The van der Waals surface area contributed by atoms with E-state index in [0.29, 0.717) is 24.3 Å². The molecule has 0 bridgehead atoms. The van der Waals surface area contributed by atoms with E-state index in [2.05, 4.69) is 17.2 Å². The SMILES string of the molecule is C=C(C)c1ccc(C(Cc2ccc(C(=O)NCCS(=O)(=O)O)cc2)C(=O)Nc2ccc(OCCC3CCCCC3)cc2)cc1. The second-order valence-electron chi connectivity index (χ2n) is 11.6. The van der Waals surface area contributed by atoms with Gasteiger partial charge in [0.1, 0.15) is 5.75 Å². The predicted molar refractivity (Wildman–Crippen MR) is 175 cm³/mol. The van der Waals surface area contributed by atoms with Crippen molar-refractivity contribution in [2.24, 2.45) is 5.92 Å². The molecule has 0 radical (unpaired) electrons. The molecule has 1 atom stereocenters. The molecule has 0 aliphatic heterocycles. The van der Waals surface area contributed by atoms with Crippen LogP contribution >= 0.6 is 0 Å². The first-order chi connectivity index (χ1) is 21.1. The second-order valence-corrected chi connectivity index (χ2v) is 13.1. The summed E-state index contributed by atoms with van der Waals surface area (Å²) in [5.41, 5.74) is 4.65. The maximum Gasteiger partial charge on any atom is 0.266 e. The van der Waals surface area contributed by atoms with Crippen molar-refractivity contribution in [1.29, 1.82) is 0 Å². The standard InChI is InChI=1S/C35H42N2O6S/c1-25(2)28-12-14-29(15-13-28)33(24-27-8-10-30(11-9-27)34(38)36-21-23-44(40,41)42)35(39)37-31-16-18-32(19-17-31)43-22-20-26-6-4-3-5-7-26/h8-19,26,33H,1,3-7,20-24H2,2H3,(H,36,38)(H,37,39)(H,40,41,42). The van der Waals surface area contributed by atoms with Crippen LogP contribution < -0.4 is 15.4 Å². The lowest BCUT2D eigenvalue weighted by atomic mass is 9.87. The number of hydrogen-bond acceptors (Lipinski definition) is 5. The van der Waals surface area contributed by atoms with Crippen molar-refractivity contribution >= 4 is 33.2 Å². The summed E-state index contributed by atoms with van der Waals surface area (Å²) < 4.78 is 36.6. The number of hydrogen-bond donors (Lipinski definition) is 3. The van der Waals surface area contributed by atoms with E-state index in [9.17, 15) is 18.0 Å². The molecule has 234 valence electrons. The molecule has 3 N–H and O–H groups in total. The van der Waals surface area contributed by atoms with Crippen molar-refractivity contribution in [1.82, 2.24) is 5.32 Å². The second kappa shape index (κ2) is 15.7. The van der Waals surface area contributed by atoms with Gasteiger partial charge in [0, 0.05) is 17.8 Å². The highest BCUT2D eigenvalue weighted by Crippen LogP contribution is 2.28. The Morgan fingerprint density at radius 2 is 1.57 bits per heavy atom. The molecule has 0 spiro atoms. The number of rotatable bonds is 14. The molecule has 3 aromatic rings. The highest BCUT2D eigenvalue weighted by Gasteiger charge is 2.22. The lowest BCUT2D eigenvalue weighted by Crippen LogP contribution is -2.28. The normalized spacial score (nSPS) is 14.4. The van der Waals surface area contributed by atoms with Gasteiger partial charge in [-0.25, -0.2) is 0 Å². The Hall–Kier alpha value is -3.95. The third kappa shape index (κ3) is 10.3. The predicted octanol–water partition coefficient (Wildman–Crippen LogP) is 6.65. The highest BCUT2D eigenvalue weighted by atomic mass is 32.2. The zero-order chi connectivity index (χ0) is 31.5. The number of ether oxygens (including phenoxy) is 1. The molecule has 44 heavy (non-hydrogen) atoms. The number of carbonyl (C=O) groups excluding carboxylic acids is 2. The van der Waals surface area contributed by atoms with E-state index in [1.54, 1.807) is 24.3 Å². The minimum absolute atomic E-state index is 0.161. The molecular formula is C35H42N2O6S. The number of benzene rings is 3. The first kappa shape index (κ1) is 33.0. The number of nitrogens with one attached hydrogen (secondary N) is 2. The summed E-state index contributed by atoms with van der Waals surface area (Å²) in [7, 11) is -4.16. The summed E-state index contributed by atoms with van der Waals surface area (Å²) in [4.78, 5) is 26.0. The van der Waals surface area contributed by atoms with Crippen LogP contribution in [0.15, 0.2) is 79.4 Å². The quantitative estimate of drug-likeness (QED) is 0.174. The highest BCUT2D eigenvalue weighted by molar-refractivity contribution is 7.85. The maximum absolute atomic E-state index is 13.6. The van der Waals surface area contributed by atoms with Crippen molar-refractivity contribution in [3.63, 3.8) is 0 Å². The van der Waals surface area contributed by atoms with Crippen LogP contribution in [0.2, 0.25) is 0 Å². The van der Waals surface area contributed by atoms with Gasteiger partial charge < -0.3 is 15.4 Å².